The lowest BCUT2D eigenvalue weighted by molar-refractivity contribution is 0.0816. The number of nitrogens with two attached hydrogens (primary N) is 1. The molecule has 3 N–H and O–H groups in total. The third kappa shape index (κ3) is 1.79. The van der Waals surface area contributed by atoms with Crippen LogP contribution in [0.15, 0.2) is 0 Å². The lowest BCUT2D eigenvalue weighted by Gasteiger charge is -2.30. The summed E-state index contributed by atoms with van der Waals surface area (Å²) in [6.45, 7) is 2.34. The molecular weight excluding hydrogens is 200 g/mol. The number of nitrogens with zero attached hydrogens (tertiary/aromatic N) is 1. The molecule has 3 rings (SSSR count). The number of hydrogen-bond acceptors (Lipinski definition) is 3. The van der Waals surface area contributed by atoms with Crippen molar-refractivity contribution >= 4 is 0 Å². The lowest BCUT2D eigenvalue weighted by Crippen LogP contribution is -2.41. The Kier molecular flexibility index (Phi) is 2.94. The summed E-state index contributed by atoms with van der Waals surface area (Å²) in [6, 6.07) is 0.861. The van der Waals surface area contributed by atoms with Gasteiger partial charge in [0.15, 0.2) is 0 Å². The Balaban J connectivity index is 1.67. The van der Waals surface area contributed by atoms with E-state index in [1.807, 2.05) is 0 Å². The second kappa shape index (κ2) is 4.28. The van der Waals surface area contributed by atoms with E-state index in [1.165, 1.54) is 38.6 Å². The summed E-state index contributed by atoms with van der Waals surface area (Å²) in [4.78, 5) is 2.54. The molecule has 0 bridgehead atoms. The molecule has 5 unspecified atom stereocenters. The normalized spacial score (nSPS) is 49.5. The summed E-state index contributed by atoms with van der Waals surface area (Å²) in [6.07, 6.45) is 7.20. The van der Waals surface area contributed by atoms with Gasteiger partial charge in [-0.25, -0.2) is 0 Å². The molecular formula is C13H24N2O. The van der Waals surface area contributed by atoms with Crippen LogP contribution in [-0.4, -0.2) is 41.3 Å². The van der Waals surface area contributed by atoms with E-state index in [4.69, 9.17) is 5.73 Å². The molecule has 0 aromatic rings. The van der Waals surface area contributed by atoms with Gasteiger partial charge in [-0.3, -0.25) is 4.90 Å². The average Bonchev–Trinajstić information content (AvgIpc) is 2.84. The van der Waals surface area contributed by atoms with Crippen LogP contribution in [0.2, 0.25) is 0 Å². The fourth-order valence-electron chi connectivity index (χ4n) is 4.17. The van der Waals surface area contributed by atoms with Gasteiger partial charge >= 0.3 is 0 Å². The van der Waals surface area contributed by atoms with E-state index in [9.17, 15) is 5.11 Å². The van der Waals surface area contributed by atoms with E-state index < -0.39 is 0 Å². The van der Waals surface area contributed by atoms with Crippen molar-refractivity contribution in [1.29, 1.82) is 0 Å². The van der Waals surface area contributed by atoms with Crippen molar-refractivity contribution in [1.82, 2.24) is 4.90 Å². The molecule has 1 aliphatic heterocycles. The molecule has 3 heteroatoms. The predicted octanol–water partition coefficient (Wildman–Crippen LogP) is 0.959. The Labute approximate surface area is 98.0 Å². The molecule has 0 radical (unpaired) electrons. The maximum Gasteiger partial charge on any atom is 0.0695 e. The Morgan fingerprint density at radius 2 is 1.81 bits per heavy atom. The van der Waals surface area contributed by atoms with Crippen molar-refractivity contribution in [3.8, 4) is 0 Å². The SMILES string of the molecule is NC1CCCC2CN(C3CCCC3O)CC12. The first kappa shape index (κ1) is 11.0. The minimum atomic E-state index is -0.0728. The van der Waals surface area contributed by atoms with Crippen LogP contribution in [0.3, 0.4) is 0 Å². The van der Waals surface area contributed by atoms with E-state index in [0.29, 0.717) is 18.0 Å². The quantitative estimate of drug-likeness (QED) is 0.697. The van der Waals surface area contributed by atoms with Crippen LogP contribution in [0.4, 0.5) is 0 Å². The molecule has 92 valence electrons. The molecule has 1 saturated heterocycles. The summed E-state index contributed by atoms with van der Waals surface area (Å²) in [7, 11) is 0. The first-order chi connectivity index (χ1) is 7.75. The largest absolute Gasteiger partial charge is 0.391 e. The third-order valence-electron chi connectivity index (χ3n) is 5.10. The zero-order chi connectivity index (χ0) is 11.1. The Hall–Kier alpha value is -0.120. The molecule has 5 atom stereocenters. The topological polar surface area (TPSA) is 49.5 Å². The van der Waals surface area contributed by atoms with Gasteiger partial charge in [0.2, 0.25) is 0 Å². The number of rotatable bonds is 1. The highest BCUT2D eigenvalue weighted by molar-refractivity contribution is 4.97. The number of aliphatic hydroxyl groups excluding tert-OH is 1. The highest BCUT2D eigenvalue weighted by Gasteiger charge is 2.43. The van der Waals surface area contributed by atoms with Crippen molar-refractivity contribution in [3.05, 3.63) is 0 Å². The molecule has 0 amide bonds. The van der Waals surface area contributed by atoms with Crippen LogP contribution >= 0.6 is 0 Å². The molecule has 2 aliphatic carbocycles. The maximum atomic E-state index is 9.98. The van der Waals surface area contributed by atoms with Crippen molar-refractivity contribution in [2.24, 2.45) is 17.6 Å². The minimum Gasteiger partial charge on any atom is -0.391 e. The highest BCUT2D eigenvalue weighted by atomic mass is 16.3. The van der Waals surface area contributed by atoms with Crippen molar-refractivity contribution in [2.75, 3.05) is 13.1 Å². The molecule has 3 fully saturated rings. The van der Waals surface area contributed by atoms with Crippen LogP contribution in [0, 0.1) is 11.8 Å². The fourth-order valence-corrected chi connectivity index (χ4v) is 4.17. The Bertz CT molecular complexity index is 258. The second-order valence-corrected chi connectivity index (χ2v) is 6.04. The van der Waals surface area contributed by atoms with Gasteiger partial charge in [0.1, 0.15) is 0 Å². The van der Waals surface area contributed by atoms with E-state index in [2.05, 4.69) is 4.90 Å². The van der Waals surface area contributed by atoms with Crippen LogP contribution in [0.5, 0.6) is 0 Å². The number of likely N-dealkylation sites (tertiary alicyclic amines) is 1. The molecule has 0 aromatic carbocycles. The van der Waals surface area contributed by atoms with Crippen LogP contribution < -0.4 is 5.73 Å². The fraction of sp³-hybridized carbons (Fsp3) is 1.00. The number of hydrogen-bond donors (Lipinski definition) is 2. The summed E-state index contributed by atoms with van der Waals surface area (Å²) in [5.41, 5.74) is 6.23. The van der Waals surface area contributed by atoms with Crippen molar-refractivity contribution in [2.45, 2.75) is 56.7 Å². The zero-order valence-electron chi connectivity index (χ0n) is 10.0. The van der Waals surface area contributed by atoms with Gasteiger partial charge in [-0.15, -0.1) is 0 Å². The molecule has 3 aliphatic rings. The minimum absolute atomic E-state index is 0.0728. The third-order valence-corrected chi connectivity index (χ3v) is 5.10. The lowest BCUT2D eigenvalue weighted by atomic mass is 9.78. The second-order valence-electron chi connectivity index (χ2n) is 6.04. The number of fused-ring (bicyclic) bond motifs is 1. The monoisotopic (exact) mass is 224 g/mol. The standard InChI is InChI=1S/C13H24N2O/c14-11-4-1-3-9-7-15(8-10(9)11)12-5-2-6-13(12)16/h9-13,16H,1-8,14H2. The van der Waals surface area contributed by atoms with Crippen LogP contribution in [0.1, 0.15) is 38.5 Å². The van der Waals surface area contributed by atoms with Crippen molar-refractivity contribution in [3.63, 3.8) is 0 Å². The summed E-state index contributed by atoms with van der Waals surface area (Å²) < 4.78 is 0. The van der Waals surface area contributed by atoms with Gasteiger partial charge in [0.25, 0.3) is 0 Å². The molecule has 3 nitrogen and oxygen atoms in total. The van der Waals surface area contributed by atoms with E-state index in [0.717, 1.165) is 18.9 Å². The smallest absolute Gasteiger partial charge is 0.0695 e. The maximum absolute atomic E-state index is 9.98. The molecule has 1 heterocycles. The van der Waals surface area contributed by atoms with Crippen LogP contribution in [-0.2, 0) is 0 Å². The van der Waals surface area contributed by atoms with Gasteiger partial charge < -0.3 is 10.8 Å². The van der Waals surface area contributed by atoms with E-state index >= 15 is 0 Å². The average molecular weight is 224 g/mol. The first-order valence-corrected chi connectivity index (χ1v) is 6.93. The highest BCUT2D eigenvalue weighted by Crippen LogP contribution is 2.38. The Morgan fingerprint density at radius 1 is 1.00 bits per heavy atom. The Morgan fingerprint density at radius 3 is 2.50 bits per heavy atom. The van der Waals surface area contributed by atoms with Crippen LogP contribution in [0.25, 0.3) is 0 Å². The summed E-state index contributed by atoms with van der Waals surface area (Å²) in [5, 5.41) is 9.98. The van der Waals surface area contributed by atoms with Gasteiger partial charge in [0.05, 0.1) is 6.10 Å². The van der Waals surface area contributed by atoms with Crippen molar-refractivity contribution < 1.29 is 5.11 Å². The zero-order valence-corrected chi connectivity index (χ0v) is 10.0. The first-order valence-electron chi connectivity index (χ1n) is 6.93. The molecule has 16 heavy (non-hydrogen) atoms. The summed E-state index contributed by atoms with van der Waals surface area (Å²) >= 11 is 0. The van der Waals surface area contributed by atoms with E-state index in [-0.39, 0.29) is 6.10 Å². The van der Waals surface area contributed by atoms with Gasteiger partial charge in [-0.1, -0.05) is 6.42 Å². The van der Waals surface area contributed by atoms with Gasteiger partial charge in [-0.05, 0) is 43.9 Å². The molecule has 2 saturated carbocycles. The van der Waals surface area contributed by atoms with E-state index in [1.54, 1.807) is 0 Å². The summed E-state index contributed by atoms with van der Waals surface area (Å²) in [5.74, 6) is 1.53. The number of aliphatic hydroxyl groups is 1. The predicted molar refractivity (Wildman–Crippen MR) is 64.0 cm³/mol. The van der Waals surface area contributed by atoms with Gasteiger partial charge in [-0.2, -0.15) is 0 Å². The molecule has 0 aromatic heterocycles. The molecule has 0 spiro atoms. The van der Waals surface area contributed by atoms with Gasteiger partial charge in [0, 0.05) is 25.2 Å².